The van der Waals surface area contributed by atoms with E-state index in [2.05, 4.69) is 38.6 Å². The molecule has 5 heteroatoms. The van der Waals surface area contributed by atoms with Crippen molar-refractivity contribution in [2.24, 2.45) is 0 Å². The lowest BCUT2D eigenvalue weighted by molar-refractivity contribution is -0.145. The molecule has 0 amide bonds. The zero-order valence-corrected chi connectivity index (χ0v) is 16.7. The first-order valence-electron chi connectivity index (χ1n) is 9.00. The van der Waals surface area contributed by atoms with E-state index >= 15 is 0 Å². The molecular formula is C22H23NO3S. The molecule has 0 N–H and O–H groups in total. The van der Waals surface area contributed by atoms with Crippen molar-refractivity contribution in [3.8, 4) is 16.2 Å². The maximum absolute atomic E-state index is 11.4. The van der Waals surface area contributed by atoms with E-state index in [1.807, 2.05) is 18.2 Å². The number of esters is 1. The van der Waals surface area contributed by atoms with Crippen molar-refractivity contribution in [3.63, 3.8) is 0 Å². The van der Waals surface area contributed by atoms with Gasteiger partial charge < -0.3 is 9.47 Å². The fourth-order valence-electron chi connectivity index (χ4n) is 2.75. The Hall–Kier alpha value is -2.66. The number of rotatable bonds is 7. The third kappa shape index (κ3) is 4.37. The summed E-state index contributed by atoms with van der Waals surface area (Å²) in [4.78, 5) is 17.4. The molecule has 0 saturated carbocycles. The predicted octanol–water partition coefficient (Wildman–Crippen LogP) is 5.54. The topological polar surface area (TPSA) is 48.4 Å². The van der Waals surface area contributed by atoms with Gasteiger partial charge in [-0.1, -0.05) is 20.4 Å². The summed E-state index contributed by atoms with van der Waals surface area (Å²) >= 11 is 1.71. The first-order valence-corrected chi connectivity index (χ1v) is 9.81. The van der Waals surface area contributed by atoms with Crippen LogP contribution in [0.5, 0.6) is 5.75 Å². The molecule has 2 aromatic heterocycles. The highest BCUT2D eigenvalue weighted by Crippen LogP contribution is 2.36. The molecule has 0 aliphatic heterocycles. The molecule has 1 aromatic carbocycles. The largest absolute Gasteiger partial charge is 0.457 e. The summed E-state index contributed by atoms with van der Waals surface area (Å²) in [6.45, 7) is 9.28. The number of thiophene rings is 1. The van der Waals surface area contributed by atoms with Crippen molar-refractivity contribution in [1.29, 1.82) is 0 Å². The minimum atomic E-state index is -0.454. The molecule has 0 atom stereocenters. The summed E-state index contributed by atoms with van der Waals surface area (Å²) in [7, 11) is 0. The number of aryl methyl sites for hydroxylation is 2. The van der Waals surface area contributed by atoms with Crippen LogP contribution < -0.4 is 4.74 Å². The van der Waals surface area contributed by atoms with E-state index < -0.39 is 5.97 Å². The van der Waals surface area contributed by atoms with E-state index in [-0.39, 0.29) is 6.79 Å². The van der Waals surface area contributed by atoms with Crippen LogP contribution in [-0.4, -0.2) is 17.7 Å². The zero-order chi connectivity index (χ0) is 19.4. The maximum Gasteiger partial charge on any atom is 0.335 e. The van der Waals surface area contributed by atoms with Crippen LogP contribution >= 0.6 is 11.3 Å². The molecule has 3 aromatic rings. The second kappa shape index (κ2) is 8.35. The second-order valence-corrected chi connectivity index (χ2v) is 7.37. The van der Waals surface area contributed by atoms with Gasteiger partial charge in [0.25, 0.3) is 0 Å². The van der Waals surface area contributed by atoms with Gasteiger partial charge in [-0.15, -0.1) is 11.3 Å². The quantitative estimate of drug-likeness (QED) is 0.306. The maximum atomic E-state index is 11.4. The smallest absolute Gasteiger partial charge is 0.335 e. The van der Waals surface area contributed by atoms with Gasteiger partial charge >= 0.3 is 5.97 Å². The SMILES string of the molecule is C=C(C)C(=O)OCOc1ccc2cc(-c3ccc(CC)nc3CC)sc2c1. The number of nitrogens with zero attached hydrogens (tertiary/aromatic N) is 1. The van der Waals surface area contributed by atoms with Crippen LogP contribution in [0.4, 0.5) is 0 Å². The van der Waals surface area contributed by atoms with Crippen LogP contribution in [0.25, 0.3) is 20.5 Å². The minimum absolute atomic E-state index is 0.127. The lowest BCUT2D eigenvalue weighted by Crippen LogP contribution is -2.10. The van der Waals surface area contributed by atoms with Gasteiger partial charge in [-0.05, 0) is 61.5 Å². The molecular weight excluding hydrogens is 358 g/mol. The van der Waals surface area contributed by atoms with Crippen molar-refractivity contribution in [1.82, 2.24) is 4.98 Å². The van der Waals surface area contributed by atoms with Gasteiger partial charge in [0, 0.05) is 32.1 Å². The third-order valence-corrected chi connectivity index (χ3v) is 5.38. The summed E-state index contributed by atoms with van der Waals surface area (Å²) in [5.41, 5.74) is 3.79. The lowest BCUT2D eigenvalue weighted by Gasteiger charge is -2.07. The Morgan fingerprint density at radius 1 is 1.15 bits per heavy atom. The highest BCUT2D eigenvalue weighted by Gasteiger charge is 2.11. The van der Waals surface area contributed by atoms with Gasteiger partial charge in [0.15, 0.2) is 0 Å². The van der Waals surface area contributed by atoms with Gasteiger partial charge in [0.05, 0.1) is 0 Å². The average molecular weight is 381 g/mol. The lowest BCUT2D eigenvalue weighted by atomic mass is 10.1. The van der Waals surface area contributed by atoms with Crippen molar-refractivity contribution >= 4 is 27.4 Å². The van der Waals surface area contributed by atoms with E-state index in [0.29, 0.717) is 11.3 Å². The molecule has 0 saturated heterocycles. The Kier molecular flexibility index (Phi) is 5.91. The Morgan fingerprint density at radius 2 is 1.96 bits per heavy atom. The highest BCUT2D eigenvalue weighted by molar-refractivity contribution is 7.22. The number of hydrogen-bond acceptors (Lipinski definition) is 5. The molecule has 0 bridgehead atoms. The molecule has 0 aliphatic carbocycles. The van der Waals surface area contributed by atoms with Crippen molar-refractivity contribution in [3.05, 3.63) is 59.9 Å². The monoisotopic (exact) mass is 381 g/mol. The zero-order valence-electron chi connectivity index (χ0n) is 15.9. The first kappa shape index (κ1) is 19.1. The molecule has 0 radical (unpaired) electrons. The van der Waals surface area contributed by atoms with E-state index in [9.17, 15) is 4.79 Å². The number of pyridine rings is 1. The van der Waals surface area contributed by atoms with Crippen LogP contribution in [0.3, 0.4) is 0 Å². The van der Waals surface area contributed by atoms with Crippen molar-refractivity contribution in [2.75, 3.05) is 6.79 Å². The van der Waals surface area contributed by atoms with E-state index in [4.69, 9.17) is 14.5 Å². The molecule has 3 rings (SSSR count). The van der Waals surface area contributed by atoms with Crippen molar-refractivity contribution in [2.45, 2.75) is 33.6 Å². The average Bonchev–Trinajstić information content (AvgIpc) is 3.10. The van der Waals surface area contributed by atoms with Gasteiger partial charge in [0.1, 0.15) is 5.75 Å². The summed E-state index contributed by atoms with van der Waals surface area (Å²) in [5.74, 6) is 0.213. The van der Waals surface area contributed by atoms with Crippen LogP contribution in [0.2, 0.25) is 0 Å². The fourth-order valence-corrected chi connectivity index (χ4v) is 3.88. The molecule has 0 aliphatic rings. The van der Waals surface area contributed by atoms with Crippen LogP contribution in [0, 0.1) is 0 Å². The summed E-state index contributed by atoms with van der Waals surface area (Å²) in [6.07, 6.45) is 1.84. The van der Waals surface area contributed by atoms with E-state index in [1.165, 1.54) is 10.4 Å². The molecule has 0 fully saturated rings. The van der Waals surface area contributed by atoms with Gasteiger partial charge in [-0.25, -0.2) is 4.79 Å². The van der Waals surface area contributed by atoms with Gasteiger partial charge in [-0.3, -0.25) is 4.98 Å². The van der Waals surface area contributed by atoms with Gasteiger partial charge in [-0.2, -0.15) is 0 Å². The molecule has 4 nitrogen and oxygen atoms in total. The number of carbonyl (C=O) groups excluding carboxylic acids is 1. The Morgan fingerprint density at radius 3 is 2.67 bits per heavy atom. The summed E-state index contributed by atoms with van der Waals surface area (Å²) in [6, 6.07) is 12.3. The molecule has 2 heterocycles. The van der Waals surface area contributed by atoms with Crippen molar-refractivity contribution < 1.29 is 14.3 Å². The Balaban J connectivity index is 1.82. The summed E-state index contributed by atoms with van der Waals surface area (Å²) < 4.78 is 11.6. The molecule has 0 unspecified atom stereocenters. The molecule has 0 spiro atoms. The Labute approximate surface area is 163 Å². The van der Waals surface area contributed by atoms with E-state index in [0.717, 1.165) is 34.3 Å². The van der Waals surface area contributed by atoms with Gasteiger partial charge in [0.2, 0.25) is 6.79 Å². The first-order chi connectivity index (χ1) is 13.0. The van der Waals surface area contributed by atoms with Crippen LogP contribution in [0.15, 0.2) is 48.6 Å². The number of carbonyl (C=O) groups is 1. The molecule has 140 valence electrons. The van der Waals surface area contributed by atoms with E-state index in [1.54, 1.807) is 18.3 Å². The number of hydrogen-bond donors (Lipinski definition) is 0. The fraction of sp³-hybridized carbons (Fsp3) is 0.273. The minimum Gasteiger partial charge on any atom is -0.457 e. The normalized spacial score (nSPS) is 10.8. The van der Waals surface area contributed by atoms with Crippen LogP contribution in [-0.2, 0) is 22.4 Å². The predicted molar refractivity (Wildman–Crippen MR) is 110 cm³/mol. The standard InChI is InChI=1S/C22H23NO3S/c1-5-16-8-10-18(19(6-2)23-16)21-11-15-7-9-17(12-20(15)27-21)25-13-26-22(24)14(3)4/h7-12H,3,5-6,13H2,1-2,4H3. The Bertz CT molecular complexity index is 990. The number of fused-ring (bicyclic) bond motifs is 1. The van der Waals surface area contributed by atoms with Crippen LogP contribution in [0.1, 0.15) is 32.2 Å². The second-order valence-electron chi connectivity index (χ2n) is 6.29. The number of aromatic nitrogens is 1. The summed E-state index contributed by atoms with van der Waals surface area (Å²) in [5, 5.41) is 1.16. The highest BCUT2D eigenvalue weighted by atomic mass is 32.1. The third-order valence-electron chi connectivity index (χ3n) is 4.25. The number of ether oxygens (including phenoxy) is 2. The number of benzene rings is 1. The molecule has 27 heavy (non-hydrogen) atoms.